The summed E-state index contributed by atoms with van der Waals surface area (Å²) in [5.74, 6) is -0.145. The largest absolute Gasteiger partial charge is 0.326 e. The van der Waals surface area contributed by atoms with Crippen LogP contribution >= 0.6 is 24.8 Å². The molecule has 1 heterocycles. The van der Waals surface area contributed by atoms with Crippen LogP contribution in [-0.4, -0.2) is 70.3 Å². The average Bonchev–Trinajstić information content (AvgIpc) is 2.53. The highest BCUT2D eigenvalue weighted by Gasteiger charge is 2.27. The number of carbonyl (C=O) groups excluding carboxylic acids is 1. The second-order valence-corrected chi connectivity index (χ2v) is 7.57. The minimum absolute atomic E-state index is 0. The first-order chi connectivity index (χ1) is 10.9. The van der Waals surface area contributed by atoms with Crippen LogP contribution in [0.15, 0.2) is 29.2 Å². The van der Waals surface area contributed by atoms with Gasteiger partial charge in [-0.05, 0) is 32.3 Å². The van der Waals surface area contributed by atoms with Crippen LogP contribution in [0.2, 0.25) is 0 Å². The van der Waals surface area contributed by atoms with Crippen molar-refractivity contribution in [3.05, 3.63) is 24.3 Å². The number of likely N-dealkylation sites (N-methyl/N-ethyl adjacent to an activating group) is 1. The predicted octanol–water partition coefficient (Wildman–Crippen LogP) is 1.01. The van der Waals surface area contributed by atoms with E-state index >= 15 is 0 Å². The van der Waals surface area contributed by atoms with E-state index in [-0.39, 0.29) is 35.6 Å². The van der Waals surface area contributed by atoms with Crippen molar-refractivity contribution in [3.63, 3.8) is 0 Å². The fourth-order valence-corrected chi connectivity index (χ4v) is 3.84. The maximum Gasteiger partial charge on any atom is 0.243 e. The van der Waals surface area contributed by atoms with E-state index in [1.54, 1.807) is 25.2 Å². The number of piperazine rings is 1. The molecule has 1 aliphatic rings. The first-order valence-electron chi connectivity index (χ1n) is 7.66. The normalized spacial score (nSPS) is 15.8. The van der Waals surface area contributed by atoms with Crippen LogP contribution in [0, 0.1) is 0 Å². The van der Waals surface area contributed by atoms with Crippen molar-refractivity contribution in [2.45, 2.75) is 11.3 Å². The van der Waals surface area contributed by atoms with E-state index in [0.29, 0.717) is 31.7 Å². The van der Waals surface area contributed by atoms with Crippen molar-refractivity contribution >= 4 is 46.4 Å². The topological polar surface area (TPSA) is 81.8 Å². The lowest BCUT2D eigenvalue weighted by Crippen LogP contribution is -2.47. The summed E-state index contributed by atoms with van der Waals surface area (Å²) in [6.07, 6.45) is 0.339. The molecule has 0 unspecified atom stereocenters. The smallest absolute Gasteiger partial charge is 0.243 e. The van der Waals surface area contributed by atoms with E-state index in [1.807, 2.05) is 7.05 Å². The summed E-state index contributed by atoms with van der Waals surface area (Å²) >= 11 is 0. The number of hydrogen-bond donors (Lipinski definition) is 2. The number of hydrogen-bond acceptors (Lipinski definition) is 5. The van der Waals surface area contributed by atoms with Crippen LogP contribution in [0.25, 0.3) is 0 Å². The number of rotatable bonds is 6. The van der Waals surface area contributed by atoms with E-state index in [1.165, 1.54) is 10.4 Å². The number of amides is 1. The molecule has 1 amide bonds. The first-order valence-corrected chi connectivity index (χ1v) is 9.10. The van der Waals surface area contributed by atoms with Gasteiger partial charge in [0.1, 0.15) is 0 Å². The van der Waals surface area contributed by atoms with Gasteiger partial charge in [0, 0.05) is 44.8 Å². The molecule has 0 aromatic heterocycles. The molecule has 2 N–H and O–H groups in total. The van der Waals surface area contributed by atoms with Gasteiger partial charge in [0.25, 0.3) is 0 Å². The van der Waals surface area contributed by atoms with Gasteiger partial charge in [0.15, 0.2) is 0 Å². The monoisotopic (exact) mass is 412 g/mol. The molecule has 1 fully saturated rings. The summed E-state index contributed by atoms with van der Waals surface area (Å²) in [6, 6.07) is 6.43. The van der Waals surface area contributed by atoms with Gasteiger partial charge in [0.2, 0.25) is 15.9 Å². The Balaban J connectivity index is 0.00000288. The summed E-state index contributed by atoms with van der Waals surface area (Å²) in [7, 11) is 0.234. The van der Waals surface area contributed by atoms with E-state index in [0.717, 1.165) is 13.1 Å². The van der Waals surface area contributed by atoms with Gasteiger partial charge < -0.3 is 15.5 Å². The summed E-state index contributed by atoms with van der Waals surface area (Å²) in [5, 5.41) is 5.63. The molecule has 7 nitrogen and oxygen atoms in total. The molecule has 0 aliphatic carbocycles. The lowest BCUT2D eigenvalue weighted by molar-refractivity contribution is -0.116. The van der Waals surface area contributed by atoms with Crippen LogP contribution in [0.3, 0.4) is 0 Å². The molecular formula is C15H26Cl2N4O3S. The van der Waals surface area contributed by atoms with Crippen molar-refractivity contribution in [1.29, 1.82) is 0 Å². The molecule has 1 saturated heterocycles. The molecule has 1 aliphatic heterocycles. The summed E-state index contributed by atoms with van der Waals surface area (Å²) in [6.45, 7) is 2.99. The van der Waals surface area contributed by atoms with Crippen molar-refractivity contribution in [2.75, 3.05) is 52.1 Å². The SMILES string of the molecule is CNCCC(=O)Nc1cccc(S(=O)(=O)N2CCN(C)CC2)c1.Cl.Cl. The second-order valence-electron chi connectivity index (χ2n) is 5.64. The minimum Gasteiger partial charge on any atom is -0.326 e. The quantitative estimate of drug-likeness (QED) is 0.728. The molecule has 1 aromatic carbocycles. The number of halogens is 2. The molecule has 0 bridgehead atoms. The fourth-order valence-electron chi connectivity index (χ4n) is 2.37. The predicted molar refractivity (Wildman–Crippen MR) is 104 cm³/mol. The van der Waals surface area contributed by atoms with E-state index < -0.39 is 10.0 Å². The number of anilines is 1. The van der Waals surface area contributed by atoms with E-state index in [9.17, 15) is 13.2 Å². The van der Waals surface area contributed by atoms with Crippen molar-refractivity contribution in [1.82, 2.24) is 14.5 Å². The zero-order chi connectivity index (χ0) is 16.9. The lowest BCUT2D eigenvalue weighted by atomic mass is 10.3. The van der Waals surface area contributed by atoms with Crippen LogP contribution in [0.5, 0.6) is 0 Å². The van der Waals surface area contributed by atoms with Gasteiger partial charge in [-0.25, -0.2) is 8.42 Å². The van der Waals surface area contributed by atoms with E-state index in [2.05, 4.69) is 15.5 Å². The number of sulfonamides is 1. The molecule has 25 heavy (non-hydrogen) atoms. The van der Waals surface area contributed by atoms with Crippen molar-refractivity contribution in [2.24, 2.45) is 0 Å². The van der Waals surface area contributed by atoms with Gasteiger partial charge in [-0.1, -0.05) is 6.07 Å². The molecular weight excluding hydrogens is 387 g/mol. The summed E-state index contributed by atoms with van der Waals surface area (Å²) in [5.41, 5.74) is 0.501. The zero-order valence-electron chi connectivity index (χ0n) is 14.4. The van der Waals surface area contributed by atoms with E-state index in [4.69, 9.17) is 0 Å². The molecule has 0 spiro atoms. The molecule has 0 atom stereocenters. The van der Waals surface area contributed by atoms with Crippen LogP contribution in [0.1, 0.15) is 6.42 Å². The Morgan fingerprint density at radius 1 is 1.16 bits per heavy atom. The highest BCUT2D eigenvalue weighted by Crippen LogP contribution is 2.20. The summed E-state index contributed by atoms with van der Waals surface area (Å²) in [4.78, 5) is 14.1. The third-order valence-corrected chi connectivity index (χ3v) is 5.71. The van der Waals surface area contributed by atoms with Gasteiger partial charge >= 0.3 is 0 Å². The highest BCUT2D eigenvalue weighted by molar-refractivity contribution is 7.89. The maximum absolute atomic E-state index is 12.7. The standard InChI is InChI=1S/C15H24N4O3S.2ClH/c1-16-7-6-15(20)17-13-4-3-5-14(12-13)23(21,22)19-10-8-18(2)9-11-19;;/h3-5,12,16H,6-11H2,1-2H3,(H,17,20);2*1H. The molecule has 0 saturated carbocycles. The first kappa shape index (κ1) is 24.1. The fraction of sp³-hybridized carbons (Fsp3) is 0.533. The Labute approximate surface area is 162 Å². The third kappa shape index (κ3) is 6.73. The van der Waals surface area contributed by atoms with Crippen LogP contribution in [0.4, 0.5) is 5.69 Å². The zero-order valence-corrected chi connectivity index (χ0v) is 16.8. The van der Waals surface area contributed by atoms with Crippen molar-refractivity contribution in [3.8, 4) is 0 Å². The Bertz CT molecular complexity index is 650. The summed E-state index contributed by atoms with van der Waals surface area (Å²) < 4.78 is 26.9. The van der Waals surface area contributed by atoms with Gasteiger partial charge in [-0.15, -0.1) is 24.8 Å². The highest BCUT2D eigenvalue weighted by atomic mass is 35.5. The Kier molecular flexibility index (Phi) is 10.6. The minimum atomic E-state index is -3.52. The Morgan fingerprint density at radius 2 is 1.80 bits per heavy atom. The molecule has 2 rings (SSSR count). The molecule has 0 radical (unpaired) electrons. The van der Waals surface area contributed by atoms with Crippen LogP contribution in [-0.2, 0) is 14.8 Å². The third-order valence-electron chi connectivity index (χ3n) is 3.82. The number of nitrogens with zero attached hydrogens (tertiary/aromatic N) is 2. The van der Waals surface area contributed by atoms with Crippen molar-refractivity contribution < 1.29 is 13.2 Å². The van der Waals surface area contributed by atoms with Crippen LogP contribution < -0.4 is 10.6 Å². The van der Waals surface area contributed by atoms with Gasteiger partial charge in [-0.2, -0.15) is 4.31 Å². The second kappa shape index (κ2) is 10.9. The Hall–Kier alpha value is -0.900. The average molecular weight is 413 g/mol. The molecule has 10 heteroatoms. The van der Waals surface area contributed by atoms with Gasteiger partial charge in [-0.3, -0.25) is 4.79 Å². The maximum atomic E-state index is 12.7. The number of carbonyl (C=O) groups is 1. The lowest BCUT2D eigenvalue weighted by Gasteiger charge is -2.31. The van der Waals surface area contributed by atoms with Gasteiger partial charge in [0.05, 0.1) is 4.90 Å². The number of benzene rings is 1. The molecule has 1 aromatic rings. The number of nitrogens with one attached hydrogen (secondary N) is 2. The molecule has 144 valence electrons. The Morgan fingerprint density at radius 3 is 2.40 bits per heavy atom.